The summed E-state index contributed by atoms with van der Waals surface area (Å²) in [5.41, 5.74) is 2.65. The fourth-order valence-corrected chi connectivity index (χ4v) is 2.64. The van der Waals surface area contributed by atoms with Crippen molar-refractivity contribution in [3.63, 3.8) is 0 Å². The van der Waals surface area contributed by atoms with Crippen molar-refractivity contribution in [2.24, 2.45) is 0 Å². The predicted molar refractivity (Wildman–Crippen MR) is 111 cm³/mol. The first kappa shape index (κ1) is 21.2. The van der Waals surface area contributed by atoms with Crippen molar-refractivity contribution < 1.29 is 19.1 Å². The van der Waals surface area contributed by atoms with Crippen molar-refractivity contribution in [2.45, 2.75) is 39.2 Å². The molecule has 0 aromatic heterocycles. The smallest absolute Gasteiger partial charge is 0.331 e. The number of nitrogens with one attached hydrogen (secondary N) is 1. The molecule has 1 amide bonds. The van der Waals surface area contributed by atoms with Crippen LogP contribution < -0.4 is 10.1 Å². The van der Waals surface area contributed by atoms with Gasteiger partial charge in [0.25, 0.3) is 5.91 Å². The molecular formula is C23H27NO4. The number of carbonyl (C=O) groups is 2. The van der Waals surface area contributed by atoms with E-state index in [-0.39, 0.29) is 5.91 Å². The van der Waals surface area contributed by atoms with Crippen LogP contribution >= 0.6 is 0 Å². The van der Waals surface area contributed by atoms with E-state index in [2.05, 4.69) is 19.2 Å². The number of amides is 1. The van der Waals surface area contributed by atoms with E-state index in [9.17, 15) is 9.59 Å². The number of methoxy groups -OCH3 is 1. The van der Waals surface area contributed by atoms with Gasteiger partial charge in [0.1, 0.15) is 5.75 Å². The van der Waals surface area contributed by atoms with Crippen molar-refractivity contribution in [1.82, 2.24) is 0 Å². The molecule has 0 aliphatic heterocycles. The number of ether oxygens (including phenoxy) is 2. The summed E-state index contributed by atoms with van der Waals surface area (Å²) >= 11 is 0. The lowest BCUT2D eigenvalue weighted by Gasteiger charge is -2.17. The van der Waals surface area contributed by atoms with Crippen LogP contribution in [0.2, 0.25) is 0 Å². The van der Waals surface area contributed by atoms with Crippen molar-refractivity contribution in [3.8, 4) is 5.75 Å². The molecule has 2 rings (SSSR count). The number of rotatable bonds is 8. The third kappa shape index (κ3) is 5.98. The summed E-state index contributed by atoms with van der Waals surface area (Å²) in [5, 5.41) is 2.86. The second kappa shape index (κ2) is 10.3. The topological polar surface area (TPSA) is 64.6 Å². The van der Waals surface area contributed by atoms with Gasteiger partial charge in [-0.05, 0) is 54.7 Å². The Morgan fingerprint density at radius 1 is 1.07 bits per heavy atom. The lowest BCUT2D eigenvalue weighted by molar-refractivity contribution is -0.148. The Balaban J connectivity index is 1.94. The number of esters is 1. The zero-order valence-corrected chi connectivity index (χ0v) is 16.8. The lowest BCUT2D eigenvalue weighted by Crippen LogP contribution is -2.29. The second-order valence-corrected chi connectivity index (χ2v) is 6.57. The molecular weight excluding hydrogens is 354 g/mol. The molecule has 1 N–H and O–H groups in total. The molecule has 0 saturated carbocycles. The van der Waals surface area contributed by atoms with E-state index in [0.717, 1.165) is 29.0 Å². The summed E-state index contributed by atoms with van der Waals surface area (Å²) in [7, 11) is 1.59. The maximum absolute atomic E-state index is 12.4. The van der Waals surface area contributed by atoms with Crippen LogP contribution in [0.4, 0.5) is 5.69 Å². The molecule has 5 heteroatoms. The standard InChI is InChI=1S/C23H27NO4/c1-5-16(2)20-8-6-7-9-21(20)24-23(26)17(3)28-22(25)15-12-18-10-13-19(27-4)14-11-18/h6-17H,5H2,1-4H3,(H,24,26)/b15-12+/t16-,17+/m1/s1. The highest BCUT2D eigenvalue weighted by Gasteiger charge is 2.18. The highest BCUT2D eigenvalue weighted by molar-refractivity contribution is 5.97. The highest BCUT2D eigenvalue weighted by Crippen LogP contribution is 2.26. The third-order valence-corrected chi connectivity index (χ3v) is 4.55. The first-order valence-electron chi connectivity index (χ1n) is 9.37. The number of hydrogen-bond acceptors (Lipinski definition) is 4. The summed E-state index contributed by atoms with van der Waals surface area (Å²) in [6.07, 6.45) is 3.00. The summed E-state index contributed by atoms with van der Waals surface area (Å²) in [4.78, 5) is 24.4. The van der Waals surface area contributed by atoms with Crippen LogP contribution in [0.5, 0.6) is 5.75 Å². The van der Waals surface area contributed by atoms with Gasteiger partial charge in [-0.2, -0.15) is 0 Å². The Morgan fingerprint density at radius 2 is 1.75 bits per heavy atom. The Hall–Kier alpha value is -3.08. The fourth-order valence-electron chi connectivity index (χ4n) is 2.64. The quantitative estimate of drug-likeness (QED) is 0.527. The van der Waals surface area contributed by atoms with Gasteiger partial charge in [-0.3, -0.25) is 4.79 Å². The van der Waals surface area contributed by atoms with Gasteiger partial charge in [-0.15, -0.1) is 0 Å². The van der Waals surface area contributed by atoms with Crippen LogP contribution in [0, 0.1) is 0 Å². The summed E-state index contributed by atoms with van der Waals surface area (Å²) < 4.78 is 10.3. The van der Waals surface area contributed by atoms with Crippen LogP contribution in [-0.4, -0.2) is 25.1 Å². The van der Waals surface area contributed by atoms with Gasteiger partial charge in [-0.1, -0.05) is 44.2 Å². The number of carbonyl (C=O) groups excluding carboxylic acids is 2. The second-order valence-electron chi connectivity index (χ2n) is 6.57. The summed E-state index contributed by atoms with van der Waals surface area (Å²) in [6, 6.07) is 14.9. The molecule has 0 saturated heterocycles. The van der Waals surface area contributed by atoms with Gasteiger partial charge in [0.05, 0.1) is 7.11 Å². The zero-order valence-electron chi connectivity index (χ0n) is 16.8. The molecule has 148 valence electrons. The number of para-hydroxylation sites is 1. The third-order valence-electron chi connectivity index (χ3n) is 4.55. The number of benzene rings is 2. The summed E-state index contributed by atoms with van der Waals surface area (Å²) in [5.74, 6) is 0.125. The van der Waals surface area contributed by atoms with E-state index in [4.69, 9.17) is 9.47 Å². The fraction of sp³-hybridized carbons (Fsp3) is 0.304. The van der Waals surface area contributed by atoms with Crippen LogP contribution in [0.3, 0.4) is 0 Å². The molecule has 5 nitrogen and oxygen atoms in total. The van der Waals surface area contributed by atoms with Crippen LogP contribution in [0.1, 0.15) is 44.2 Å². The zero-order chi connectivity index (χ0) is 20.5. The molecule has 0 unspecified atom stereocenters. The Labute approximate surface area is 166 Å². The van der Waals surface area contributed by atoms with Gasteiger partial charge < -0.3 is 14.8 Å². The predicted octanol–water partition coefficient (Wildman–Crippen LogP) is 4.79. The number of hydrogen-bond donors (Lipinski definition) is 1. The Bertz CT molecular complexity index is 827. The molecule has 28 heavy (non-hydrogen) atoms. The highest BCUT2D eigenvalue weighted by atomic mass is 16.5. The average Bonchev–Trinajstić information content (AvgIpc) is 2.72. The molecule has 2 atom stereocenters. The Kier molecular flexibility index (Phi) is 7.81. The molecule has 0 aliphatic carbocycles. The Morgan fingerprint density at radius 3 is 2.39 bits per heavy atom. The first-order valence-corrected chi connectivity index (χ1v) is 9.37. The largest absolute Gasteiger partial charge is 0.497 e. The molecule has 0 fully saturated rings. The van der Waals surface area contributed by atoms with Crippen LogP contribution in [-0.2, 0) is 14.3 Å². The minimum absolute atomic E-state index is 0.321. The maximum atomic E-state index is 12.4. The van der Waals surface area contributed by atoms with Gasteiger partial charge in [0.2, 0.25) is 0 Å². The normalized spacial score (nSPS) is 13.0. The SMILES string of the molecule is CC[C@@H](C)c1ccccc1NC(=O)[C@H](C)OC(=O)/C=C/c1ccc(OC)cc1. The van der Waals surface area contributed by atoms with Crippen LogP contribution in [0.15, 0.2) is 54.6 Å². The maximum Gasteiger partial charge on any atom is 0.331 e. The van der Waals surface area contributed by atoms with Crippen molar-refractivity contribution in [2.75, 3.05) is 12.4 Å². The van der Waals surface area contributed by atoms with E-state index in [1.54, 1.807) is 32.2 Å². The molecule has 0 spiro atoms. The monoisotopic (exact) mass is 381 g/mol. The van der Waals surface area contributed by atoms with E-state index < -0.39 is 12.1 Å². The minimum Gasteiger partial charge on any atom is -0.497 e. The van der Waals surface area contributed by atoms with Gasteiger partial charge >= 0.3 is 5.97 Å². The molecule has 0 heterocycles. The first-order chi connectivity index (χ1) is 13.4. The minimum atomic E-state index is -0.905. The molecule has 2 aromatic rings. The average molecular weight is 381 g/mol. The van der Waals surface area contributed by atoms with E-state index in [1.165, 1.54) is 6.08 Å². The van der Waals surface area contributed by atoms with E-state index in [0.29, 0.717) is 5.92 Å². The molecule has 2 aromatic carbocycles. The van der Waals surface area contributed by atoms with Gasteiger partial charge in [-0.25, -0.2) is 4.79 Å². The van der Waals surface area contributed by atoms with Crippen molar-refractivity contribution in [1.29, 1.82) is 0 Å². The van der Waals surface area contributed by atoms with Gasteiger partial charge in [0, 0.05) is 11.8 Å². The van der Waals surface area contributed by atoms with E-state index in [1.807, 2.05) is 36.4 Å². The molecule has 0 radical (unpaired) electrons. The summed E-state index contributed by atoms with van der Waals surface area (Å²) in [6.45, 7) is 5.77. The number of anilines is 1. The van der Waals surface area contributed by atoms with Crippen molar-refractivity contribution >= 4 is 23.6 Å². The van der Waals surface area contributed by atoms with E-state index >= 15 is 0 Å². The molecule has 0 bridgehead atoms. The van der Waals surface area contributed by atoms with Crippen LogP contribution in [0.25, 0.3) is 6.08 Å². The van der Waals surface area contributed by atoms with Gasteiger partial charge in [0.15, 0.2) is 6.10 Å². The lowest BCUT2D eigenvalue weighted by atomic mass is 9.97. The van der Waals surface area contributed by atoms with Crippen molar-refractivity contribution in [3.05, 3.63) is 65.7 Å². The molecule has 0 aliphatic rings.